The van der Waals surface area contributed by atoms with Gasteiger partial charge in [0.25, 0.3) is 6.43 Å². The first-order valence-corrected chi connectivity index (χ1v) is 4.68. The standard InChI is InChI=1S/C11H11F3O2/c1-16-10(15)5-3-7-2-4-8(12)6-9(7)11(13)14/h2,4,6,11H,3,5H2,1H3. The van der Waals surface area contributed by atoms with Gasteiger partial charge in [-0.2, -0.15) is 0 Å². The lowest BCUT2D eigenvalue weighted by Gasteiger charge is -2.08. The molecule has 1 rings (SSSR count). The van der Waals surface area contributed by atoms with Crippen LogP contribution in [-0.2, 0) is 16.0 Å². The van der Waals surface area contributed by atoms with Crippen molar-refractivity contribution in [1.29, 1.82) is 0 Å². The SMILES string of the molecule is COC(=O)CCc1ccc(F)cc1C(F)F. The molecule has 0 saturated heterocycles. The van der Waals surface area contributed by atoms with E-state index in [9.17, 15) is 18.0 Å². The van der Waals surface area contributed by atoms with Crippen molar-refractivity contribution in [1.82, 2.24) is 0 Å². The van der Waals surface area contributed by atoms with Crippen molar-refractivity contribution in [3.05, 3.63) is 35.1 Å². The molecule has 5 heteroatoms. The van der Waals surface area contributed by atoms with Crippen LogP contribution in [0.3, 0.4) is 0 Å². The van der Waals surface area contributed by atoms with Gasteiger partial charge in [-0.15, -0.1) is 0 Å². The number of methoxy groups -OCH3 is 1. The molecule has 0 N–H and O–H groups in total. The number of hydrogen-bond acceptors (Lipinski definition) is 2. The molecule has 0 spiro atoms. The first-order chi connectivity index (χ1) is 7.54. The third-order valence-electron chi connectivity index (χ3n) is 2.17. The molecule has 0 aliphatic rings. The van der Waals surface area contributed by atoms with Crippen molar-refractivity contribution in [2.75, 3.05) is 7.11 Å². The Bertz CT molecular complexity index is 377. The van der Waals surface area contributed by atoms with Gasteiger partial charge in [0.2, 0.25) is 0 Å². The van der Waals surface area contributed by atoms with Crippen LogP contribution in [0.5, 0.6) is 0 Å². The quantitative estimate of drug-likeness (QED) is 0.746. The van der Waals surface area contributed by atoms with Crippen molar-refractivity contribution in [3.63, 3.8) is 0 Å². The second-order valence-electron chi connectivity index (χ2n) is 3.22. The molecule has 0 amide bonds. The molecule has 0 unspecified atom stereocenters. The van der Waals surface area contributed by atoms with Crippen molar-refractivity contribution >= 4 is 5.97 Å². The topological polar surface area (TPSA) is 26.3 Å². The molecule has 1 aromatic carbocycles. The third kappa shape index (κ3) is 3.25. The molecule has 0 bridgehead atoms. The molecule has 0 radical (unpaired) electrons. The van der Waals surface area contributed by atoms with Crippen LogP contribution in [0.15, 0.2) is 18.2 Å². The van der Waals surface area contributed by atoms with Gasteiger partial charge in [0.15, 0.2) is 0 Å². The largest absolute Gasteiger partial charge is 0.469 e. The second-order valence-corrected chi connectivity index (χ2v) is 3.22. The first kappa shape index (κ1) is 12.5. The molecule has 2 nitrogen and oxygen atoms in total. The highest BCUT2D eigenvalue weighted by Gasteiger charge is 2.14. The Balaban J connectivity index is 2.82. The average molecular weight is 232 g/mol. The van der Waals surface area contributed by atoms with Gasteiger partial charge in [0.1, 0.15) is 5.82 Å². The number of halogens is 3. The van der Waals surface area contributed by atoms with Gasteiger partial charge in [0, 0.05) is 12.0 Å². The van der Waals surface area contributed by atoms with Gasteiger partial charge in [-0.05, 0) is 24.1 Å². The van der Waals surface area contributed by atoms with Crippen LogP contribution in [0.2, 0.25) is 0 Å². The number of alkyl halides is 2. The molecule has 0 fully saturated rings. The van der Waals surface area contributed by atoms with Crippen LogP contribution in [-0.4, -0.2) is 13.1 Å². The van der Waals surface area contributed by atoms with Crippen LogP contribution in [0.4, 0.5) is 13.2 Å². The summed E-state index contributed by atoms with van der Waals surface area (Å²) in [6.07, 6.45) is -2.63. The van der Waals surface area contributed by atoms with E-state index in [0.717, 1.165) is 12.1 Å². The fourth-order valence-electron chi connectivity index (χ4n) is 1.34. The lowest BCUT2D eigenvalue weighted by Crippen LogP contribution is -2.04. The van der Waals surface area contributed by atoms with E-state index in [1.807, 2.05) is 0 Å². The van der Waals surface area contributed by atoms with E-state index >= 15 is 0 Å². The molecule has 0 aliphatic heterocycles. The van der Waals surface area contributed by atoms with Gasteiger partial charge < -0.3 is 4.74 Å². The maximum Gasteiger partial charge on any atom is 0.305 e. The summed E-state index contributed by atoms with van der Waals surface area (Å²) >= 11 is 0. The number of carbonyl (C=O) groups is 1. The van der Waals surface area contributed by atoms with Gasteiger partial charge in [-0.3, -0.25) is 4.79 Å². The van der Waals surface area contributed by atoms with E-state index in [1.165, 1.54) is 13.2 Å². The molecule has 0 atom stereocenters. The van der Waals surface area contributed by atoms with E-state index in [2.05, 4.69) is 4.74 Å². The summed E-state index contributed by atoms with van der Waals surface area (Å²) in [4.78, 5) is 10.8. The first-order valence-electron chi connectivity index (χ1n) is 4.68. The van der Waals surface area contributed by atoms with E-state index in [1.54, 1.807) is 0 Å². The predicted molar refractivity (Wildman–Crippen MR) is 51.7 cm³/mol. The predicted octanol–water partition coefficient (Wildman–Crippen LogP) is 2.87. The number of benzene rings is 1. The zero-order valence-electron chi connectivity index (χ0n) is 8.67. The smallest absolute Gasteiger partial charge is 0.305 e. The zero-order valence-corrected chi connectivity index (χ0v) is 8.67. The number of hydrogen-bond donors (Lipinski definition) is 0. The highest BCUT2D eigenvalue weighted by molar-refractivity contribution is 5.69. The zero-order chi connectivity index (χ0) is 12.1. The number of rotatable bonds is 4. The second kappa shape index (κ2) is 5.53. The van der Waals surface area contributed by atoms with Crippen molar-refractivity contribution in [3.8, 4) is 0 Å². The van der Waals surface area contributed by atoms with Gasteiger partial charge in [0.05, 0.1) is 7.11 Å². The van der Waals surface area contributed by atoms with Gasteiger partial charge >= 0.3 is 5.97 Å². The normalized spacial score (nSPS) is 10.6. The van der Waals surface area contributed by atoms with Crippen LogP contribution in [0, 0.1) is 5.82 Å². The lowest BCUT2D eigenvalue weighted by molar-refractivity contribution is -0.140. The van der Waals surface area contributed by atoms with E-state index < -0.39 is 18.2 Å². The fraction of sp³-hybridized carbons (Fsp3) is 0.364. The van der Waals surface area contributed by atoms with Crippen molar-refractivity contribution in [2.24, 2.45) is 0 Å². The summed E-state index contributed by atoms with van der Waals surface area (Å²) < 4.78 is 42.2. The molecule has 16 heavy (non-hydrogen) atoms. The number of aryl methyl sites for hydroxylation is 1. The highest BCUT2D eigenvalue weighted by Crippen LogP contribution is 2.24. The third-order valence-corrected chi connectivity index (χ3v) is 2.17. The molecular formula is C11H11F3O2. The number of carbonyl (C=O) groups excluding carboxylic acids is 1. The molecule has 0 aliphatic carbocycles. The Morgan fingerprint density at radius 3 is 2.69 bits per heavy atom. The minimum atomic E-state index is -2.75. The molecular weight excluding hydrogens is 221 g/mol. The summed E-state index contributed by atoms with van der Waals surface area (Å²) in [5.74, 6) is -1.19. The minimum Gasteiger partial charge on any atom is -0.469 e. The van der Waals surface area contributed by atoms with Gasteiger partial charge in [-0.25, -0.2) is 13.2 Å². The summed E-state index contributed by atoms with van der Waals surface area (Å²) in [5.41, 5.74) is -0.106. The molecule has 0 aromatic heterocycles. The molecule has 88 valence electrons. The number of ether oxygens (including phenoxy) is 1. The monoisotopic (exact) mass is 232 g/mol. The highest BCUT2D eigenvalue weighted by atomic mass is 19.3. The van der Waals surface area contributed by atoms with E-state index in [4.69, 9.17) is 0 Å². The molecule has 0 saturated carbocycles. The maximum absolute atomic E-state index is 12.7. The molecule has 0 heterocycles. The summed E-state index contributed by atoms with van der Waals surface area (Å²) in [7, 11) is 1.22. The number of esters is 1. The Morgan fingerprint density at radius 1 is 1.44 bits per heavy atom. The van der Waals surface area contributed by atoms with Crippen molar-refractivity contribution < 1.29 is 22.7 Å². The molecule has 1 aromatic rings. The average Bonchev–Trinajstić information content (AvgIpc) is 2.26. The van der Waals surface area contributed by atoms with Crippen molar-refractivity contribution in [2.45, 2.75) is 19.3 Å². The summed E-state index contributed by atoms with van der Waals surface area (Å²) in [5, 5.41) is 0. The summed E-state index contributed by atoms with van der Waals surface area (Å²) in [6, 6.07) is 3.15. The Morgan fingerprint density at radius 2 is 2.12 bits per heavy atom. The summed E-state index contributed by atoms with van der Waals surface area (Å²) in [6.45, 7) is 0. The van der Waals surface area contributed by atoms with Crippen LogP contribution >= 0.6 is 0 Å². The Kier molecular flexibility index (Phi) is 4.34. The van der Waals surface area contributed by atoms with Gasteiger partial charge in [-0.1, -0.05) is 6.07 Å². The lowest BCUT2D eigenvalue weighted by atomic mass is 10.0. The minimum absolute atomic E-state index is 0.00184. The van der Waals surface area contributed by atoms with Crippen LogP contribution in [0.25, 0.3) is 0 Å². The van der Waals surface area contributed by atoms with E-state index in [-0.39, 0.29) is 24.0 Å². The van der Waals surface area contributed by atoms with Crippen LogP contribution in [0.1, 0.15) is 24.0 Å². The maximum atomic E-state index is 12.7. The van der Waals surface area contributed by atoms with Crippen LogP contribution < -0.4 is 0 Å². The fourth-order valence-corrected chi connectivity index (χ4v) is 1.34. The Labute approximate surface area is 91.0 Å². The van der Waals surface area contributed by atoms with E-state index in [0.29, 0.717) is 0 Å². The Hall–Kier alpha value is -1.52.